The van der Waals surface area contributed by atoms with E-state index < -0.39 is 38.6 Å². The molecular formula is C11H12F3NO4S2. The van der Waals surface area contributed by atoms with Crippen LogP contribution in [0.5, 0.6) is 5.75 Å². The highest BCUT2D eigenvalue weighted by Gasteiger charge is 2.36. The first-order chi connectivity index (χ1) is 9.72. The Balaban J connectivity index is 2.07. The standard InChI is InChI=1S/C11H12F3NO4S2/c12-11(13,14)20(16)7-5-15-21(17,18)9-3-1-2-8-4-6-19-10(8)9/h1-3,15H,4-7H2. The minimum absolute atomic E-state index is 0.115. The molecule has 0 aromatic heterocycles. The third-order valence-electron chi connectivity index (χ3n) is 2.81. The number of halogens is 3. The van der Waals surface area contributed by atoms with Crippen LogP contribution >= 0.6 is 0 Å². The predicted molar refractivity (Wildman–Crippen MR) is 69.9 cm³/mol. The average Bonchev–Trinajstić information content (AvgIpc) is 2.84. The quantitative estimate of drug-likeness (QED) is 0.871. The zero-order chi connectivity index (χ0) is 15.7. The zero-order valence-electron chi connectivity index (χ0n) is 10.6. The molecule has 10 heteroatoms. The summed E-state index contributed by atoms with van der Waals surface area (Å²) in [4.78, 5) is -0.115. The Bertz CT molecular complexity index is 658. The first kappa shape index (κ1) is 16.2. The van der Waals surface area contributed by atoms with Crippen molar-refractivity contribution in [2.75, 3.05) is 18.9 Å². The van der Waals surface area contributed by atoms with Crippen LogP contribution in [0.25, 0.3) is 0 Å². The minimum atomic E-state index is -4.84. The summed E-state index contributed by atoms with van der Waals surface area (Å²) in [6.45, 7) is -0.210. The third-order valence-corrected chi connectivity index (χ3v) is 5.38. The molecule has 1 N–H and O–H groups in total. The number of rotatable bonds is 5. The zero-order valence-corrected chi connectivity index (χ0v) is 12.3. The fraction of sp³-hybridized carbons (Fsp3) is 0.455. The summed E-state index contributed by atoms with van der Waals surface area (Å²) < 4.78 is 78.4. The van der Waals surface area contributed by atoms with Crippen LogP contribution in [-0.4, -0.2) is 37.0 Å². The van der Waals surface area contributed by atoms with Gasteiger partial charge in [0.05, 0.1) is 6.61 Å². The normalized spacial score (nSPS) is 16.3. The molecule has 0 fully saturated rings. The molecule has 0 bridgehead atoms. The maximum atomic E-state index is 12.1. The molecule has 0 aliphatic carbocycles. The van der Waals surface area contributed by atoms with Gasteiger partial charge in [0, 0.05) is 18.7 Å². The van der Waals surface area contributed by atoms with Crippen molar-refractivity contribution in [1.29, 1.82) is 0 Å². The van der Waals surface area contributed by atoms with E-state index in [0.717, 1.165) is 5.56 Å². The van der Waals surface area contributed by atoms with Crippen molar-refractivity contribution in [3.05, 3.63) is 23.8 Å². The van der Waals surface area contributed by atoms with Gasteiger partial charge in [0.2, 0.25) is 10.0 Å². The molecule has 0 saturated carbocycles. The van der Waals surface area contributed by atoms with Gasteiger partial charge >= 0.3 is 5.51 Å². The highest BCUT2D eigenvalue weighted by Crippen LogP contribution is 2.32. The lowest BCUT2D eigenvalue weighted by Crippen LogP contribution is -2.31. The number of benzene rings is 1. The second-order valence-corrected chi connectivity index (χ2v) is 7.53. The molecule has 5 nitrogen and oxygen atoms in total. The predicted octanol–water partition coefficient (Wildman–Crippen LogP) is 1.17. The lowest BCUT2D eigenvalue weighted by molar-refractivity contribution is -0.0383. The number of alkyl halides is 3. The van der Waals surface area contributed by atoms with E-state index in [1.165, 1.54) is 12.1 Å². The van der Waals surface area contributed by atoms with Gasteiger partial charge in [-0.2, -0.15) is 13.2 Å². The van der Waals surface area contributed by atoms with Gasteiger partial charge in [0.25, 0.3) is 0 Å². The van der Waals surface area contributed by atoms with Gasteiger partial charge in [-0.3, -0.25) is 4.21 Å². The Morgan fingerprint density at radius 1 is 1.33 bits per heavy atom. The second-order valence-electron chi connectivity index (χ2n) is 4.24. The molecule has 1 atom stereocenters. The lowest BCUT2D eigenvalue weighted by atomic mass is 10.2. The molecule has 0 spiro atoms. The number of hydrogen-bond acceptors (Lipinski definition) is 4. The van der Waals surface area contributed by atoms with Crippen molar-refractivity contribution in [1.82, 2.24) is 4.72 Å². The summed E-state index contributed by atoms with van der Waals surface area (Å²) in [6.07, 6.45) is 0.580. The Morgan fingerprint density at radius 2 is 2.05 bits per heavy atom. The number of hydrogen-bond donors (Lipinski definition) is 1. The van der Waals surface area contributed by atoms with Crippen LogP contribution < -0.4 is 9.46 Å². The molecule has 1 aromatic carbocycles. The molecule has 1 aliphatic rings. The van der Waals surface area contributed by atoms with Gasteiger partial charge in [-0.05, 0) is 11.6 Å². The fourth-order valence-corrected chi connectivity index (χ4v) is 3.73. The first-order valence-corrected chi connectivity index (χ1v) is 8.71. The van der Waals surface area contributed by atoms with Crippen molar-refractivity contribution in [3.8, 4) is 5.75 Å². The smallest absolute Gasteiger partial charge is 0.471 e. The molecule has 0 saturated heterocycles. The number of ether oxygens (including phenoxy) is 1. The Labute approximate surface area is 122 Å². The van der Waals surface area contributed by atoms with Gasteiger partial charge in [0.15, 0.2) is 0 Å². The molecule has 1 aliphatic heterocycles. The van der Waals surface area contributed by atoms with E-state index in [9.17, 15) is 25.8 Å². The number of fused-ring (bicyclic) bond motifs is 1. The van der Waals surface area contributed by atoms with Crippen molar-refractivity contribution < 1.29 is 30.5 Å². The van der Waals surface area contributed by atoms with Crippen LogP contribution in [0.3, 0.4) is 0 Å². The summed E-state index contributed by atoms with van der Waals surface area (Å²) in [6, 6.07) is 4.57. The topological polar surface area (TPSA) is 72.5 Å². The summed E-state index contributed by atoms with van der Waals surface area (Å²) in [5, 5.41) is 0. The molecule has 0 amide bonds. The van der Waals surface area contributed by atoms with Crippen molar-refractivity contribution in [2.45, 2.75) is 16.8 Å². The van der Waals surface area contributed by atoms with E-state index in [0.29, 0.717) is 13.0 Å². The van der Waals surface area contributed by atoms with E-state index in [-0.39, 0.29) is 10.6 Å². The Hall–Kier alpha value is -1.13. The lowest BCUT2D eigenvalue weighted by Gasteiger charge is -2.11. The molecule has 1 aromatic rings. The Morgan fingerprint density at radius 3 is 2.71 bits per heavy atom. The fourth-order valence-electron chi connectivity index (χ4n) is 1.86. The van der Waals surface area contributed by atoms with Crippen molar-refractivity contribution >= 4 is 20.8 Å². The van der Waals surface area contributed by atoms with Crippen molar-refractivity contribution in [3.63, 3.8) is 0 Å². The highest BCUT2D eigenvalue weighted by atomic mass is 32.2. The molecule has 1 heterocycles. The summed E-state index contributed by atoms with van der Waals surface area (Å²) >= 11 is 0. The van der Waals surface area contributed by atoms with Gasteiger partial charge in [-0.25, -0.2) is 13.1 Å². The van der Waals surface area contributed by atoms with E-state index in [1.54, 1.807) is 6.07 Å². The van der Waals surface area contributed by atoms with Crippen LogP contribution in [-0.2, 0) is 27.2 Å². The largest absolute Gasteiger partial charge is 0.492 e. The monoisotopic (exact) mass is 343 g/mol. The van der Waals surface area contributed by atoms with E-state index >= 15 is 0 Å². The minimum Gasteiger partial charge on any atom is -0.492 e. The number of para-hydroxylation sites is 1. The maximum absolute atomic E-state index is 12.1. The molecule has 2 rings (SSSR count). The van der Waals surface area contributed by atoms with E-state index in [1.807, 2.05) is 4.72 Å². The van der Waals surface area contributed by atoms with Gasteiger partial charge in [0.1, 0.15) is 21.4 Å². The molecule has 118 valence electrons. The summed E-state index contributed by atoms with van der Waals surface area (Å²) in [5.41, 5.74) is -4.11. The van der Waals surface area contributed by atoms with Gasteiger partial charge in [-0.15, -0.1) is 0 Å². The van der Waals surface area contributed by atoms with Crippen LogP contribution in [0.2, 0.25) is 0 Å². The number of nitrogens with one attached hydrogen (secondary N) is 1. The molecule has 0 radical (unpaired) electrons. The first-order valence-electron chi connectivity index (χ1n) is 5.91. The van der Waals surface area contributed by atoms with E-state index in [2.05, 4.69) is 0 Å². The molecule has 21 heavy (non-hydrogen) atoms. The van der Waals surface area contributed by atoms with E-state index in [4.69, 9.17) is 4.74 Å². The highest BCUT2D eigenvalue weighted by molar-refractivity contribution is 7.89. The number of sulfonamides is 1. The Kier molecular flexibility index (Phi) is 4.59. The second kappa shape index (κ2) is 5.93. The molecular weight excluding hydrogens is 331 g/mol. The van der Waals surface area contributed by atoms with Crippen LogP contribution in [0.4, 0.5) is 13.2 Å². The summed E-state index contributed by atoms with van der Waals surface area (Å²) in [7, 11) is -7.09. The van der Waals surface area contributed by atoms with Crippen LogP contribution in [0.1, 0.15) is 5.56 Å². The van der Waals surface area contributed by atoms with Gasteiger partial charge in [-0.1, -0.05) is 12.1 Å². The summed E-state index contributed by atoms with van der Waals surface area (Å²) in [5.74, 6) is -0.611. The van der Waals surface area contributed by atoms with Crippen molar-refractivity contribution in [2.24, 2.45) is 0 Å². The average molecular weight is 343 g/mol. The van der Waals surface area contributed by atoms with Crippen LogP contribution in [0, 0.1) is 0 Å². The maximum Gasteiger partial charge on any atom is 0.471 e. The molecule has 1 unspecified atom stereocenters. The third kappa shape index (κ3) is 3.74. The van der Waals surface area contributed by atoms with Gasteiger partial charge < -0.3 is 4.74 Å². The SMILES string of the molecule is O=S(CCNS(=O)(=O)c1cccc2c1OCC2)C(F)(F)F. The van der Waals surface area contributed by atoms with Crippen LogP contribution in [0.15, 0.2) is 23.1 Å².